The number of hydrogen-bond acceptors (Lipinski definition) is 2. The van der Waals surface area contributed by atoms with Crippen molar-refractivity contribution in [2.75, 3.05) is 0 Å². The largest absolute Gasteiger partial charge is 0.390 e. The summed E-state index contributed by atoms with van der Waals surface area (Å²) >= 11 is 0. The lowest BCUT2D eigenvalue weighted by molar-refractivity contribution is -0.288. The molecule has 4 bridgehead atoms. The van der Waals surface area contributed by atoms with Crippen LogP contribution in [0.15, 0.2) is 0 Å². The molecule has 4 aliphatic rings. The Hall–Kier alpha value is -0.0800. The van der Waals surface area contributed by atoms with Crippen LogP contribution in [0.1, 0.15) is 59.3 Å². The first-order valence-corrected chi connectivity index (χ1v) is 6.69. The maximum absolute atomic E-state index is 11.0. The fourth-order valence-electron chi connectivity index (χ4n) is 5.92. The van der Waals surface area contributed by atoms with Crippen LogP contribution < -0.4 is 0 Å². The zero-order valence-corrected chi connectivity index (χ0v) is 10.7. The first-order chi connectivity index (χ1) is 7.24. The third kappa shape index (κ3) is 1.10. The van der Waals surface area contributed by atoms with E-state index in [1.165, 1.54) is 0 Å². The molecular formula is C14H24O2. The van der Waals surface area contributed by atoms with Gasteiger partial charge in [-0.2, -0.15) is 0 Å². The van der Waals surface area contributed by atoms with Crippen LogP contribution in [0.2, 0.25) is 0 Å². The Kier molecular flexibility index (Phi) is 1.84. The second kappa shape index (κ2) is 2.67. The molecule has 5 atom stereocenters. The van der Waals surface area contributed by atoms with Crippen molar-refractivity contribution in [1.82, 2.24) is 0 Å². The summed E-state index contributed by atoms with van der Waals surface area (Å²) in [6.07, 6.45) is 5.60. The molecule has 0 spiro atoms. The summed E-state index contributed by atoms with van der Waals surface area (Å²) in [6, 6.07) is 0. The van der Waals surface area contributed by atoms with Crippen LogP contribution in [0.3, 0.4) is 0 Å². The summed E-state index contributed by atoms with van der Waals surface area (Å²) in [6.45, 7) is 6.60. The molecule has 16 heavy (non-hydrogen) atoms. The Labute approximate surface area is 98.1 Å². The molecule has 92 valence electrons. The highest BCUT2D eigenvalue weighted by Gasteiger charge is 2.69. The Morgan fingerprint density at radius 3 is 2.25 bits per heavy atom. The van der Waals surface area contributed by atoms with E-state index in [-0.39, 0.29) is 10.8 Å². The number of hydrogen-bond donors (Lipinski definition) is 2. The SMILES string of the molecule is CCC1(O)C2CC3(C)CC(O)(C2)CC1(C)C3. The summed E-state index contributed by atoms with van der Waals surface area (Å²) < 4.78 is 0. The van der Waals surface area contributed by atoms with E-state index in [1.807, 2.05) is 0 Å². The molecular weight excluding hydrogens is 200 g/mol. The highest BCUT2D eigenvalue weighted by atomic mass is 16.3. The smallest absolute Gasteiger partial charge is 0.0729 e. The van der Waals surface area contributed by atoms with Gasteiger partial charge in [-0.3, -0.25) is 0 Å². The highest BCUT2D eigenvalue weighted by Crippen LogP contribution is 2.70. The minimum atomic E-state index is -0.529. The van der Waals surface area contributed by atoms with Crippen molar-refractivity contribution < 1.29 is 10.2 Å². The van der Waals surface area contributed by atoms with Crippen LogP contribution in [0, 0.1) is 16.7 Å². The normalized spacial score (nSPS) is 63.9. The van der Waals surface area contributed by atoms with E-state index in [2.05, 4.69) is 20.8 Å². The molecule has 4 saturated carbocycles. The van der Waals surface area contributed by atoms with Crippen molar-refractivity contribution in [2.24, 2.45) is 16.7 Å². The lowest BCUT2D eigenvalue weighted by Gasteiger charge is -2.70. The highest BCUT2D eigenvalue weighted by molar-refractivity contribution is 5.20. The average Bonchev–Trinajstić information content (AvgIpc) is 2.09. The summed E-state index contributed by atoms with van der Waals surface area (Å²) in [5.74, 6) is 0.314. The van der Waals surface area contributed by atoms with E-state index in [9.17, 15) is 10.2 Å². The molecule has 0 heterocycles. The molecule has 4 fully saturated rings. The minimum absolute atomic E-state index is 0.0648. The molecule has 0 radical (unpaired) electrons. The fraction of sp³-hybridized carbons (Fsp3) is 1.00. The summed E-state index contributed by atoms with van der Waals surface area (Å²) in [4.78, 5) is 0. The summed E-state index contributed by atoms with van der Waals surface area (Å²) in [5, 5.41) is 21.6. The van der Waals surface area contributed by atoms with E-state index < -0.39 is 11.2 Å². The second-order valence-electron chi connectivity index (χ2n) is 7.51. The van der Waals surface area contributed by atoms with Gasteiger partial charge < -0.3 is 10.2 Å². The van der Waals surface area contributed by atoms with E-state index in [0.29, 0.717) is 5.92 Å². The Balaban J connectivity index is 2.09. The van der Waals surface area contributed by atoms with E-state index >= 15 is 0 Å². The molecule has 2 nitrogen and oxygen atoms in total. The third-order valence-corrected chi connectivity index (χ3v) is 5.92. The molecule has 2 N–H and O–H groups in total. The van der Waals surface area contributed by atoms with Crippen molar-refractivity contribution >= 4 is 0 Å². The van der Waals surface area contributed by atoms with Gasteiger partial charge in [-0.15, -0.1) is 0 Å². The Morgan fingerprint density at radius 1 is 1.06 bits per heavy atom. The second-order valence-corrected chi connectivity index (χ2v) is 7.51. The molecule has 0 aromatic carbocycles. The number of rotatable bonds is 1. The zero-order valence-electron chi connectivity index (χ0n) is 10.7. The van der Waals surface area contributed by atoms with E-state index in [4.69, 9.17) is 0 Å². The molecule has 0 amide bonds. The summed E-state index contributed by atoms with van der Waals surface area (Å²) in [7, 11) is 0. The van der Waals surface area contributed by atoms with Gasteiger partial charge in [-0.05, 0) is 55.3 Å². The topological polar surface area (TPSA) is 40.5 Å². The predicted octanol–water partition coefficient (Wildman–Crippen LogP) is 2.48. The first-order valence-electron chi connectivity index (χ1n) is 6.69. The molecule has 2 heteroatoms. The van der Waals surface area contributed by atoms with Gasteiger partial charge in [-0.1, -0.05) is 20.8 Å². The molecule has 0 aliphatic heterocycles. The Morgan fingerprint density at radius 2 is 1.75 bits per heavy atom. The molecule has 4 rings (SSSR count). The van der Waals surface area contributed by atoms with Crippen LogP contribution in [0.5, 0.6) is 0 Å². The van der Waals surface area contributed by atoms with Crippen LogP contribution in [-0.4, -0.2) is 21.4 Å². The van der Waals surface area contributed by atoms with Crippen LogP contribution in [0.4, 0.5) is 0 Å². The lowest BCUT2D eigenvalue weighted by Crippen LogP contribution is -2.70. The lowest BCUT2D eigenvalue weighted by atomic mass is 9.38. The van der Waals surface area contributed by atoms with Gasteiger partial charge in [0.2, 0.25) is 0 Å². The van der Waals surface area contributed by atoms with Crippen LogP contribution >= 0.6 is 0 Å². The maximum Gasteiger partial charge on any atom is 0.0729 e. The average molecular weight is 224 g/mol. The van der Waals surface area contributed by atoms with Crippen molar-refractivity contribution in [3.63, 3.8) is 0 Å². The standard InChI is InChI=1S/C14H24O2/c1-4-14(16)10-5-11(2)7-12(14,3)9-13(15,6-10)8-11/h10,15-16H,4-9H2,1-3H3. The van der Waals surface area contributed by atoms with Gasteiger partial charge in [0.05, 0.1) is 11.2 Å². The molecule has 0 aromatic rings. The van der Waals surface area contributed by atoms with E-state index in [0.717, 1.165) is 38.5 Å². The van der Waals surface area contributed by atoms with Crippen molar-refractivity contribution in [1.29, 1.82) is 0 Å². The van der Waals surface area contributed by atoms with Gasteiger partial charge in [0, 0.05) is 0 Å². The maximum atomic E-state index is 11.0. The zero-order chi connectivity index (χ0) is 11.8. The Bertz CT molecular complexity index is 320. The molecule has 0 aromatic heterocycles. The molecule has 0 saturated heterocycles. The van der Waals surface area contributed by atoms with Gasteiger partial charge in [0.15, 0.2) is 0 Å². The van der Waals surface area contributed by atoms with E-state index in [1.54, 1.807) is 0 Å². The van der Waals surface area contributed by atoms with Gasteiger partial charge >= 0.3 is 0 Å². The molecule has 4 aliphatic carbocycles. The van der Waals surface area contributed by atoms with Gasteiger partial charge in [-0.25, -0.2) is 0 Å². The van der Waals surface area contributed by atoms with Gasteiger partial charge in [0.25, 0.3) is 0 Å². The van der Waals surface area contributed by atoms with Crippen molar-refractivity contribution in [2.45, 2.75) is 70.5 Å². The van der Waals surface area contributed by atoms with Crippen LogP contribution in [-0.2, 0) is 0 Å². The first kappa shape index (κ1) is 11.0. The quantitative estimate of drug-likeness (QED) is 0.718. The minimum Gasteiger partial charge on any atom is -0.390 e. The van der Waals surface area contributed by atoms with Crippen LogP contribution in [0.25, 0.3) is 0 Å². The van der Waals surface area contributed by atoms with Crippen molar-refractivity contribution in [3.05, 3.63) is 0 Å². The fourth-order valence-corrected chi connectivity index (χ4v) is 5.92. The van der Waals surface area contributed by atoms with Gasteiger partial charge in [0.1, 0.15) is 0 Å². The predicted molar refractivity (Wildman–Crippen MR) is 63.0 cm³/mol. The molecule has 5 unspecified atom stereocenters. The van der Waals surface area contributed by atoms with Crippen molar-refractivity contribution in [3.8, 4) is 0 Å². The third-order valence-electron chi connectivity index (χ3n) is 5.92. The monoisotopic (exact) mass is 224 g/mol. The number of aliphatic hydroxyl groups is 2. The summed E-state index contributed by atoms with van der Waals surface area (Å²) in [5.41, 5.74) is -0.804.